The number of phenolic OH excluding ortho intramolecular Hbond substituents is 1. The molecule has 1 aliphatic rings. The monoisotopic (exact) mass is 367 g/mol. The zero-order valence-electron chi connectivity index (χ0n) is 14.4. The maximum Gasteiger partial charge on any atom is 0.251 e. The summed E-state index contributed by atoms with van der Waals surface area (Å²) in [5.74, 6) is 1.22. The molecular weight excluding hydrogens is 346 g/mol. The molecule has 0 saturated carbocycles. The van der Waals surface area contributed by atoms with Crippen molar-refractivity contribution in [1.82, 2.24) is 14.9 Å². The van der Waals surface area contributed by atoms with Crippen LogP contribution < -0.4 is 5.56 Å². The van der Waals surface area contributed by atoms with E-state index in [-0.39, 0.29) is 11.5 Å². The Bertz CT molecular complexity index is 936. The molecule has 2 aromatic heterocycles. The zero-order chi connectivity index (χ0) is 17.9. The number of rotatable bonds is 4. The highest BCUT2D eigenvalue weighted by Crippen LogP contribution is 2.29. The number of aromatic amines is 1. The first-order valence-electron chi connectivity index (χ1n) is 8.83. The Kier molecular flexibility index (Phi) is 4.86. The Labute approximate surface area is 156 Å². The summed E-state index contributed by atoms with van der Waals surface area (Å²) in [6, 6.07) is 13.0. The van der Waals surface area contributed by atoms with Crippen molar-refractivity contribution in [2.45, 2.75) is 25.3 Å². The number of benzene rings is 1. The summed E-state index contributed by atoms with van der Waals surface area (Å²) in [7, 11) is 0. The van der Waals surface area contributed by atoms with Gasteiger partial charge in [-0.2, -0.15) is 0 Å². The van der Waals surface area contributed by atoms with Gasteiger partial charge in [0.25, 0.3) is 5.56 Å². The standard InChI is InChI=1S/C20H21N3O2S/c24-17-7-2-1-5-15(17)13-23-9-3-6-14(12-23)16-11-19(25)22-20(21-16)18-8-4-10-26-18/h1-2,4-5,7-8,10-11,14,24H,3,6,9,12-13H2,(H,21,22,25). The molecule has 1 aromatic carbocycles. The van der Waals surface area contributed by atoms with Gasteiger partial charge >= 0.3 is 0 Å². The van der Waals surface area contributed by atoms with Crippen molar-refractivity contribution in [3.8, 4) is 16.5 Å². The van der Waals surface area contributed by atoms with Crippen LogP contribution in [0.4, 0.5) is 0 Å². The van der Waals surface area contributed by atoms with E-state index in [1.54, 1.807) is 23.5 Å². The number of likely N-dealkylation sites (tertiary alicyclic amines) is 1. The molecule has 1 unspecified atom stereocenters. The SMILES string of the molecule is O=c1cc(C2CCCN(Cc3ccccc3O)C2)nc(-c2cccs2)[nH]1. The van der Waals surface area contributed by atoms with E-state index in [4.69, 9.17) is 4.98 Å². The Morgan fingerprint density at radius 2 is 2.15 bits per heavy atom. The van der Waals surface area contributed by atoms with Crippen molar-refractivity contribution < 1.29 is 5.11 Å². The molecule has 1 saturated heterocycles. The first kappa shape index (κ1) is 17.0. The van der Waals surface area contributed by atoms with E-state index in [2.05, 4.69) is 9.88 Å². The number of H-pyrrole nitrogens is 1. The second-order valence-corrected chi connectivity index (χ2v) is 7.65. The summed E-state index contributed by atoms with van der Waals surface area (Å²) in [6.07, 6.45) is 2.08. The van der Waals surface area contributed by atoms with Crippen LogP contribution in [0.3, 0.4) is 0 Å². The molecule has 1 atom stereocenters. The van der Waals surface area contributed by atoms with Gasteiger partial charge in [-0.1, -0.05) is 24.3 Å². The lowest BCUT2D eigenvalue weighted by Gasteiger charge is -2.32. The smallest absolute Gasteiger partial charge is 0.251 e. The maximum atomic E-state index is 12.1. The summed E-state index contributed by atoms with van der Waals surface area (Å²) in [6.45, 7) is 2.55. The van der Waals surface area contributed by atoms with E-state index in [1.807, 2.05) is 35.7 Å². The van der Waals surface area contributed by atoms with Gasteiger partial charge in [-0.15, -0.1) is 11.3 Å². The third-order valence-corrected chi connectivity index (χ3v) is 5.70. The normalized spacial score (nSPS) is 18.1. The van der Waals surface area contributed by atoms with Gasteiger partial charge in [-0.05, 0) is 36.9 Å². The highest BCUT2D eigenvalue weighted by Gasteiger charge is 2.24. The van der Waals surface area contributed by atoms with Gasteiger partial charge < -0.3 is 10.1 Å². The molecule has 0 radical (unpaired) electrons. The number of aromatic hydroxyl groups is 1. The van der Waals surface area contributed by atoms with Crippen LogP contribution >= 0.6 is 11.3 Å². The van der Waals surface area contributed by atoms with Gasteiger partial charge in [0.05, 0.1) is 10.6 Å². The molecule has 1 aliphatic heterocycles. The van der Waals surface area contributed by atoms with E-state index in [0.717, 1.165) is 42.1 Å². The van der Waals surface area contributed by atoms with Gasteiger partial charge in [-0.25, -0.2) is 4.98 Å². The van der Waals surface area contributed by atoms with E-state index in [0.29, 0.717) is 18.1 Å². The molecule has 0 spiro atoms. The zero-order valence-corrected chi connectivity index (χ0v) is 15.2. The van der Waals surface area contributed by atoms with Gasteiger partial charge in [0.15, 0.2) is 0 Å². The molecule has 26 heavy (non-hydrogen) atoms. The van der Waals surface area contributed by atoms with E-state index in [1.165, 1.54) is 0 Å². The Hall–Kier alpha value is -2.44. The van der Waals surface area contributed by atoms with Crippen LogP contribution in [0.2, 0.25) is 0 Å². The Balaban J connectivity index is 1.55. The Morgan fingerprint density at radius 1 is 1.27 bits per heavy atom. The number of aromatic nitrogens is 2. The van der Waals surface area contributed by atoms with Crippen LogP contribution in [-0.2, 0) is 6.54 Å². The molecule has 0 bridgehead atoms. The fourth-order valence-electron chi connectivity index (χ4n) is 3.54. The van der Waals surface area contributed by atoms with Crippen LogP contribution in [0.25, 0.3) is 10.7 Å². The number of piperidine rings is 1. The first-order chi connectivity index (χ1) is 12.7. The molecule has 3 aromatic rings. The molecule has 134 valence electrons. The minimum atomic E-state index is -0.101. The van der Waals surface area contributed by atoms with Gasteiger partial charge in [0, 0.05) is 30.6 Å². The molecule has 4 rings (SSSR count). The molecule has 6 heteroatoms. The molecule has 0 amide bonds. The highest BCUT2D eigenvalue weighted by atomic mass is 32.1. The number of thiophene rings is 1. The minimum absolute atomic E-state index is 0.101. The van der Waals surface area contributed by atoms with E-state index < -0.39 is 0 Å². The van der Waals surface area contributed by atoms with Crippen molar-refractivity contribution in [2.24, 2.45) is 0 Å². The maximum absolute atomic E-state index is 12.1. The average molecular weight is 367 g/mol. The number of nitrogens with zero attached hydrogens (tertiary/aromatic N) is 2. The van der Waals surface area contributed by atoms with Crippen LogP contribution in [0.1, 0.15) is 30.0 Å². The molecule has 0 aliphatic carbocycles. The fourth-order valence-corrected chi connectivity index (χ4v) is 4.21. The second-order valence-electron chi connectivity index (χ2n) is 6.70. The number of hydrogen-bond donors (Lipinski definition) is 2. The summed E-state index contributed by atoms with van der Waals surface area (Å²) >= 11 is 1.57. The molecule has 5 nitrogen and oxygen atoms in total. The van der Waals surface area contributed by atoms with Crippen LogP contribution in [0, 0.1) is 0 Å². The number of para-hydroxylation sites is 1. The summed E-state index contributed by atoms with van der Waals surface area (Å²) in [4.78, 5) is 23.0. The molecular formula is C20H21N3O2S. The quantitative estimate of drug-likeness (QED) is 0.739. The van der Waals surface area contributed by atoms with Crippen LogP contribution in [-0.4, -0.2) is 33.1 Å². The largest absolute Gasteiger partial charge is 0.508 e. The average Bonchev–Trinajstić information content (AvgIpc) is 3.18. The number of hydrogen-bond acceptors (Lipinski definition) is 5. The predicted molar refractivity (Wildman–Crippen MR) is 104 cm³/mol. The predicted octanol–water partition coefficient (Wildman–Crippen LogP) is 3.58. The summed E-state index contributed by atoms with van der Waals surface area (Å²) in [5, 5.41) is 12.0. The molecule has 1 fully saturated rings. The van der Waals surface area contributed by atoms with Gasteiger partial charge in [-0.3, -0.25) is 9.69 Å². The lowest BCUT2D eigenvalue weighted by atomic mass is 9.94. The third-order valence-electron chi connectivity index (χ3n) is 4.83. The second kappa shape index (κ2) is 7.43. The van der Waals surface area contributed by atoms with Crippen molar-refractivity contribution in [3.05, 3.63) is 69.5 Å². The highest BCUT2D eigenvalue weighted by molar-refractivity contribution is 7.13. The third kappa shape index (κ3) is 3.71. The van der Waals surface area contributed by atoms with E-state index >= 15 is 0 Å². The van der Waals surface area contributed by atoms with Crippen LogP contribution in [0.15, 0.2) is 52.6 Å². The van der Waals surface area contributed by atoms with Crippen LogP contribution in [0.5, 0.6) is 5.75 Å². The van der Waals surface area contributed by atoms with Crippen molar-refractivity contribution in [2.75, 3.05) is 13.1 Å². The fraction of sp³-hybridized carbons (Fsp3) is 0.300. The molecule has 2 N–H and O–H groups in total. The van der Waals surface area contributed by atoms with E-state index in [9.17, 15) is 9.90 Å². The number of nitrogens with one attached hydrogen (secondary N) is 1. The summed E-state index contributed by atoms with van der Waals surface area (Å²) in [5.41, 5.74) is 1.70. The first-order valence-corrected chi connectivity index (χ1v) is 9.71. The summed E-state index contributed by atoms with van der Waals surface area (Å²) < 4.78 is 0. The van der Waals surface area contributed by atoms with Crippen molar-refractivity contribution in [3.63, 3.8) is 0 Å². The topological polar surface area (TPSA) is 69.2 Å². The lowest BCUT2D eigenvalue weighted by molar-refractivity contribution is 0.196. The van der Waals surface area contributed by atoms with Gasteiger partial charge in [0.2, 0.25) is 0 Å². The minimum Gasteiger partial charge on any atom is -0.508 e. The van der Waals surface area contributed by atoms with Crippen molar-refractivity contribution >= 4 is 11.3 Å². The van der Waals surface area contributed by atoms with Crippen molar-refractivity contribution in [1.29, 1.82) is 0 Å². The Morgan fingerprint density at radius 3 is 2.96 bits per heavy atom. The van der Waals surface area contributed by atoms with Gasteiger partial charge in [0.1, 0.15) is 11.6 Å². The lowest BCUT2D eigenvalue weighted by Crippen LogP contribution is -2.34. The number of phenols is 1. The molecule has 3 heterocycles.